The van der Waals surface area contributed by atoms with E-state index in [2.05, 4.69) is 17.4 Å². The van der Waals surface area contributed by atoms with Crippen LogP contribution in [0.2, 0.25) is 5.02 Å². The van der Waals surface area contributed by atoms with E-state index < -0.39 is 0 Å². The van der Waals surface area contributed by atoms with Crippen LogP contribution in [0.3, 0.4) is 0 Å². The van der Waals surface area contributed by atoms with Crippen molar-refractivity contribution in [3.05, 3.63) is 59.1 Å². The van der Waals surface area contributed by atoms with Gasteiger partial charge in [0.25, 0.3) is 0 Å². The summed E-state index contributed by atoms with van der Waals surface area (Å²) in [7, 11) is 0. The average Bonchev–Trinajstić information content (AvgIpc) is 3.01. The van der Waals surface area contributed by atoms with Crippen molar-refractivity contribution in [1.82, 2.24) is 0 Å². The Morgan fingerprint density at radius 1 is 1.00 bits per heavy atom. The van der Waals surface area contributed by atoms with Gasteiger partial charge in [-0.2, -0.15) is 0 Å². The molecule has 3 heteroatoms. The van der Waals surface area contributed by atoms with Gasteiger partial charge in [-0.25, -0.2) is 0 Å². The van der Waals surface area contributed by atoms with Crippen LogP contribution in [-0.2, 0) is 6.54 Å². The Bertz CT molecular complexity index is 576. The molecule has 0 aromatic heterocycles. The molecule has 1 fully saturated rings. The molecule has 110 valence electrons. The third-order valence-electron chi connectivity index (χ3n) is 3.90. The SMILES string of the molecule is Clc1ccccc1CNc1ccc(OC2CCCC2)cc1. The van der Waals surface area contributed by atoms with Crippen LogP contribution in [0, 0.1) is 0 Å². The minimum atomic E-state index is 0.409. The van der Waals surface area contributed by atoms with E-state index in [0.29, 0.717) is 6.10 Å². The first-order chi connectivity index (χ1) is 10.3. The molecule has 3 rings (SSSR count). The molecule has 0 radical (unpaired) electrons. The van der Waals surface area contributed by atoms with Crippen molar-refractivity contribution in [3.8, 4) is 5.75 Å². The van der Waals surface area contributed by atoms with Crippen LogP contribution in [-0.4, -0.2) is 6.10 Å². The summed E-state index contributed by atoms with van der Waals surface area (Å²) in [6, 6.07) is 16.1. The van der Waals surface area contributed by atoms with E-state index in [4.69, 9.17) is 16.3 Å². The molecule has 0 atom stereocenters. The normalized spacial score (nSPS) is 15.1. The lowest BCUT2D eigenvalue weighted by atomic mass is 10.2. The Balaban J connectivity index is 1.55. The number of halogens is 1. The fourth-order valence-electron chi connectivity index (χ4n) is 2.69. The van der Waals surface area contributed by atoms with E-state index in [0.717, 1.165) is 28.6 Å². The van der Waals surface area contributed by atoms with Gasteiger partial charge in [0, 0.05) is 17.3 Å². The number of nitrogens with one attached hydrogen (secondary N) is 1. The van der Waals surface area contributed by atoms with Gasteiger partial charge in [-0.3, -0.25) is 0 Å². The molecule has 1 aliphatic carbocycles. The highest BCUT2D eigenvalue weighted by molar-refractivity contribution is 6.31. The first kappa shape index (κ1) is 14.3. The van der Waals surface area contributed by atoms with Gasteiger partial charge in [-0.1, -0.05) is 29.8 Å². The number of rotatable bonds is 5. The van der Waals surface area contributed by atoms with E-state index in [1.54, 1.807) is 0 Å². The second kappa shape index (κ2) is 6.86. The molecule has 2 aromatic carbocycles. The highest BCUT2D eigenvalue weighted by Crippen LogP contribution is 2.25. The smallest absolute Gasteiger partial charge is 0.119 e. The molecule has 0 unspecified atom stereocenters. The Kier molecular flexibility index (Phi) is 4.66. The van der Waals surface area contributed by atoms with Crippen LogP contribution in [0.4, 0.5) is 5.69 Å². The lowest BCUT2D eigenvalue weighted by Gasteiger charge is -2.14. The van der Waals surface area contributed by atoms with E-state index >= 15 is 0 Å². The van der Waals surface area contributed by atoms with Gasteiger partial charge in [-0.05, 0) is 61.6 Å². The van der Waals surface area contributed by atoms with Crippen LogP contribution >= 0.6 is 11.6 Å². The Morgan fingerprint density at radius 2 is 1.71 bits per heavy atom. The minimum absolute atomic E-state index is 0.409. The quantitative estimate of drug-likeness (QED) is 0.812. The zero-order chi connectivity index (χ0) is 14.5. The van der Waals surface area contributed by atoms with Gasteiger partial charge in [0.2, 0.25) is 0 Å². The van der Waals surface area contributed by atoms with Crippen LogP contribution in [0.25, 0.3) is 0 Å². The number of hydrogen-bond donors (Lipinski definition) is 1. The summed E-state index contributed by atoms with van der Waals surface area (Å²) in [4.78, 5) is 0. The molecular formula is C18H20ClNO. The largest absolute Gasteiger partial charge is 0.490 e. The van der Waals surface area contributed by atoms with Crippen molar-refractivity contribution in [2.45, 2.75) is 38.3 Å². The minimum Gasteiger partial charge on any atom is -0.490 e. The average molecular weight is 302 g/mol. The van der Waals surface area contributed by atoms with Crippen molar-refractivity contribution in [2.24, 2.45) is 0 Å². The first-order valence-corrected chi connectivity index (χ1v) is 7.93. The Morgan fingerprint density at radius 3 is 2.43 bits per heavy atom. The van der Waals surface area contributed by atoms with Gasteiger partial charge in [-0.15, -0.1) is 0 Å². The molecular weight excluding hydrogens is 282 g/mol. The summed E-state index contributed by atoms with van der Waals surface area (Å²) in [6.45, 7) is 0.725. The predicted octanol–water partition coefficient (Wildman–Crippen LogP) is 5.27. The maximum atomic E-state index is 6.15. The molecule has 0 aliphatic heterocycles. The lowest BCUT2D eigenvalue weighted by molar-refractivity contribution is 0.210. The summed E-state index contributed by atoms with van der Waals surface area (Å²) in [5.41, 5.74) is 2.18. The lowest BCUT2D eigenvalue weighted by Crippen LogP contribution is -2.10. The summed E-state index contributed by atoms with van der Waals surface area (Å²) < 4.78 is 5.96. The van der Waals surface area contributed by atoms with E-state index in [9.17, 15) is 0 Å². The molecule has 1 N–H and O–H groups in total. The summed E-state index contributed by atoms with van der Waals surface area (Å²) >= 11 is 6.15. The second-order valence-corrected chi connectivity index (χ2v) is 5.90. The molecule has 0 spiro atoms. The van der Waals surface area contributed by atoms with Crippen LogP contribution < -0.4 is 10.1 Å². The molecule has 0 amide bonds. The standard InChI is InChI=1S/C18H20ClNO/c19-18-8-4-1-5-14(18)13-20-15-9-11-17(12-10-15)21-16-6-2-3-7-16/h1,4-5,8-12,16,20H,2-3,6-7,13H2. The Hall–Kier alpha value is -1.67. The zero-order valence-corrected chi connectivity index (χ0v) is 12.8. The highest BCUT2D eigenvalue weighted by Gasteiger charge is 2.16. The van der Waals surface area contributed by atoms with Crippen molar-refractivity contribution in [3.63, 3.8) is 0 Å². The van der Waals surface area contributed by atoms with Crippen molar-refractivity contribution in [2.75, 3.05) is 5.32 Å². The summed E-state index contributed by atoms with van der Waals surface area (Å²) in [5.74, 6) is 0.963. The molecule has 0 saturated heterocycles. The van der Waals surface area contributed by atoms with Gasteiger partial charge >= 0.3 is 0 Å². The van der Waals surface area contributed by atoms with Gasteiger partial charge in [0.15, 0.2) is 0 Å². The van der Waals surface area contributed by atoms with Crippen LogP contribution in [0.5, 0.6) is 5.75 Å². The monoisotopic (exact) mass is 301 g/mol. The summed E-state index contributed by atoms with van der Waals surface area (Å²) in [6.07, 6.45) is 5.37. The molecule has 2 nitrogen and oxygen atoms in total. The molecule has 2 aromatic rings. The fraction of sp³-hybridized carbons (Fsp3) is 0.333. The maximum Gasteiger partial charge on any atom is 0.119 e. The molecule has 0 bridgehead atoms. The maximum absolute atomic E-state index is 6.15. The number of hydrogen-bond acceptors (Lipinski definition) is 2. The van der Waals surface area contributed by atoms with E-state index in [1.807, 2.05) is 36.4 Å². The molecule has 21 heavy (non-hydrogen) atoms. The third-order valence-corrected chi connectivity index (χ3v) is 4.27. The van der Waals surface area contributed by atoms with Crippen LogP contribution in [0.15, 0.2) is 48.5 Å². The van der Waals surface area contributed by atoms with E-state index in [1.165, 1.54) is 25.7 Å². The topological polar surface area (TPSA) is 21.3 Å². The van der Waals surface area contributed by atoms with Crippen LogP contribution in [0.1, 0.15) is 31.2 Å². The van der Waals surface area contributed by atoms with Crippen molar-refractivity contribution >= 4 is 17.3 Å². The van der Waals surface area contributed by atoms with Gasteiger partial charge in [0.1, 0.15) is 5.75 Å². The first-order valence-electron chi connectivity index (χ1n) is 7.55. The molecule has 1 saturated carbocycles. The molecule has 0 heterocycles. The number of benzene rings is 2. The molecule has 1 aliphatic rings. The Labute approximate surface area is 131 Å². The zero-order valence-electron chi connectivity index (χ0n) is 12.0. The fourth-order valence-corrected chi connectivity index (χ4v) is 2.89. The second-order valence-electron chi connectivity index (χ2n) is 5.49. The van der Waals surface area contributed by atoms with E-state index in [-0.39, 0.29) is 0 Å². The predicted molar refractivity (Wildman–Crippen MR) is 88.1 cm³/mol. The van der Waals surface area contributed by atoms with Gasteiger partial charge < -0.3 is 10.1 Å². The third kappa shape index (κ3) is 3.92. The summed E-state index contributed by atoms with van der Waals surface area (Å²) in [5, 5.41) is 4.18. The van der Waals surface area contributed by atoms with Gasteiger partial charge in [0.05, 0.1) is 6.10 Å². The van der Waals surface area contributed by atoms with Crippen molar-refractivity contribution in [1.29, 1.82) is 0 Å². The highest BCUT2D eigenvalue weighted by atomic mass is 35.5. The number of anilines is 1. The van der Waals surface area contributed by atoms with Crippen molar-refractivity contribution < 1.29 is 4.74 Å². The number of ether oxygens (including phenoxy) is 1.